The maximum Gasteiger partial charge on any atom is 0.393 e. The summed E-state index contributed by atoms with van der Waals surface area (Å²) >= 11 is 0. The lowest BCUT2D eigenvalue weighted by molar-refractivity contribution is -0.180. The number of methoxy groups -OCH3 is 1. The molecule has 0 radical (unpaired) electrons. The summed E-state index contributed by atoms with van der Waals surface area (Å²) in [6.07, 6.45) is -4.00. The van der Waals surface area contributed by atoms with Crippen molar-refractivity contribution in [3.63, 3.8) is 0 Å². The standard InChI is InChI=1S/C12H21F3N2O2/c1-11(2,19-3)7-17-10(18)9-5-4-8(6-16-9)12(13,14)15/h8-9,16H,4-7H2,1-3H3,(H,17,18). The van der Waals surface area contributed by atoms with Crippen LogP contribution in [0.3, 0.4) is 0 Å². The van der Waals surface area contributed by atoms with Crippen molar-refractivity contribution in [2.75, 3.05) is 20.2 Å². The van der Waals surface area contributed by atoms with Gasteiger partial charge in [0.25, 0.3) is 0 Å². The second kappa shape index (κ2) is 6.09. The molecule has 1 heterocycles. The summed E-state index contributed by atoms with van der Waals surface area (Å²) in [5.41, 5.74) is -0.487. The molecule has 1 aliphatic heterocycles. The maximum atomic E-state index is 12.5. The number of alkyl halides is 3. The van der Waals surface area contributed by atoms with Crippen LogP contribution in [0.5, 0.6) is 0 Å². The summed E-state index contributed by atoms with van der Waals surface area (Å²) < 4.78 is 42.5. The molecular weight excluding hydrogens is 261 g/mol. The molecule has 0 aromatic rings. The summed E-state index contributed by atoms with van der Waals surface area (Å²) in [6, 6.07) is -0.550. The highest BCUT2D eigenvalue weighted by Crippen LogP contribution is 2.31. The van der Waals surface area contributed by atoms with Gasteiger partial charge in [-0.1, -0.05) is 0 Å². The number of nitrogens with one attached hydrogen (secondary N) is 2. The van der Waals surface area contributed by atoms with E-state index in [0.29, 0.717) is 6.54 Å². The fourth-order valence-corrected chi connectivity index (χ4v) is 1.86. The molecule has 7 heteroatoms. The minimum atomic E-state index is -4.19. The molecule has 1 rings (SSSR count). The molecule has 0 aliphatic carbocycles. The zero-order valence-corrected chi connectivity index (χ0v) is 11.4. The van der Waals surface area contributed by atoms with Crippen molar-refractivity contribution in [2.45, 2.75) is 44.5 Å². The van der Waals surface area contributed by atoms with Gasteiger partial charge in [-0.3, -0.25) is 4.79 Å². The van der Waals surface area contributed by atoms with E-state index in [4.69, 9.17) is 4.74 Å². The number of carbonyl (C=O) groups excluding carboxylic acids is 1. The molecule has 2 atom stereocenters. The average Bonchev–Trinajstić information content (AvgIpc) is 2.35. The first kappa shape index (κ1) is 16.2. The van der Waals surface area contributed by atoms with Crippen LogP contribution < -0.4 is 10.6 Å². The second-order valence-electron chi connectivity index (χ2n) is 5.46. The molecule has 1 saturated heterocycles. The molecule has 0 spiro atoms. The molecule has 1 aliphatic rings. The monoisotopic (exact) mass is 282 g/mol. The van der Waals surface area contributed by atoms with Gasteiger partial charge in [-0.2, -0.15) is 13.2 Å². The van der Waals surface area contributed by atoms with Crippen LogP contribution in [0, 0.1) is 5.92 Å². The molecule has 0 aromatic heterocycles. The Morgan fingerprint density at radius 2 is 2.00 bits per heavy atom. The Morgan fingerprint density at radius 3 is 2.42 bits per heavy atom. The van der Waals surface area contributed by atoms with Crippen molar-refractivity contribution in [2.24, 2.45) is 5.92 Å². The van der Waals surface area contributed by atoms with Gasteiger partial charge in [0, 0.05) is 20.2 Å². The number of halogens is 3. The van der Waals surface area contributed by atoms with E-state index in [1.54, 1.807) is 7.11 Å². The van der Waals surface area contributed by atoms with Crippen LogP contribution in [0.2, 0.25) is 0 Å². The van der Waals surface area contributed by atoms with E-state index in [1.165, 1.54) is 0 Å². The number of ether oxygens (including phenoxy) is 1. The van der Waals surface area contributed by atoms with Gasteiger partial charge >= 0.3 is 6.18 Å². The third-order valence-electron chi connectivity index (χ3n) is 3.43. The maximum absolute atomic E-state index is 12.5. The van der Waals surface area contributed by atoms with Crippen molar-refractivity contribution in [1.29, 1.82) is 0 Å². The zero-order chi connectivity index (χ0) is 14.7. The van der Waals surface area contributed by atoms with Gasteiger partial charge in [0.2, 0.25) is 5.91 Å². The smallest absolute Gasteiger partial charge is 0.377 e. The van der Waals surface area contributed by atoms with Gasteiger partial charge in [0.1, 0.15) is 0 Å². The van der Waals surface area contributed by atoms with Gasteiger partial charge in [-0.05, 0) is 26.7 Å². The van der Waals surface area contributed by atoms with Crippen molar-refractivity contribution >= 4 is 5.91 Å². The molecule has 0 aromatic carbocycles. The third kappa shape index (κ3) is 4.99. The van der Waals surface area contributed by atoms with Crippen LogP contribution in [0.1, 0.15) is 26.7 Å². The normalized spacial score (nSPS) is 25.2. The topological polar surface area (TPSA) is 50.4 Å². The molecule has 1 fully saturated rings. The zero-order valence-electron chi connectivity index (χ0n) is 11.4. The average molecular weight is 282 g/mol. The van der Waals surface area contributed by atoms with E-state index in [2.05, 4.69) is 10.6 Å². The quantitative estimate of drug-likeness (QED) is 0.820. The molecular formula is C12H21F3N2O2. The number of piperidine rings is 1. The summed E-state index contributed by atoms with van der Waals surface area (Å²) in [4.78, 5) is 11.8. The first-order valence-electron chi connectivity index (χ1n) is 6.28. The van der Waals surface area contributed by atoms with Gasteiger partial charge in [0.05, 0.1) is 17.6 Å². The van der Waals surface area contributed by atoms with Gasteiger partial charge < -0.3 is 15.4 Å². The van der Waals surface area contributed by atoms with Gasteiger partial charge in [0.15, 0.2) is 0 Å². The van der Waals surface area contributed by atoms with Crippen LogP contribution in [-0.4, -0.2) is 43.9 Å². The Hall–Kier alpha value is -0.820. The number of amides is 1. The summed E-state index contributed by atoms with van der Waals surface area (Å²) in [7, 11) is 1.54. The van der Waals surface area contributed by atoms with Gasteiger partial charge in [-0.15, -0.1) is 0 Å². The summed E-state index contributed by atoms with van der Waals surface area (Å²) in [5.74, 6) is -1.63. The minimum absolute atomic E-state index is 0.0116. The first-order valence-corrected chi connectivity index (χ1v) is 6.28. The fraction of sp³-hybridized carbons (Fsp3) is 0.917. The highest BCUT2D eigenvalue weighted by molar-refractivity contribution is 5.81. The van der Waals surface area contributed by atoms with E-state index < -0.39 is 23.7 Å². The lowest BCUT2D eigenvalue weighted by atomic mass is 9.94. The molecule has 19 heavy (non-hydrogen) atoms. The second-order valence-corrected chi connectivity index (χ2v) is 5.46. The molecule has 4 nitrogen and oxygen atoms in total. The van der Waals surface area contributed by atoms with Gasteiger partial charge in [-0.25, -0.2) is 0 Å². The Balaban J connectivity index is 2.37. The Labute approximate surface area is 111 Å². The highest BCUT2D eigenvalue weighted by atomic mass is 19.4. The number of hydrogen-bond donors (Lipinski definition) is 2. The Bertz CT molecular complexity index is 311. The SMILES string of the molecule is COC(C)(C)CNC(=O)C1CCC(C(F)(F)F)CN1. The predicted octanol–water partition coefficient (Wildman–Crippen LogP) is 1.46. The molecule has 2 unspecified atom stereocenters. The number of rotatable bonds is 4. The molecule has 1 amide bonds. The molecule has 2 N–H and O–H groups in total. The molecule has 112 valence electrons. The molecule has 0 saturated carbocycles. The fourth-order valence-electron chi connectivity index (χ4n) is 1.86. The van der Waals surface area contributed by atoms with Crippen LogP contribution in [-0.2, 0) is 9.53 Å². The first-order chi connectivity index (χ1) is 8.65. The van der Waals surface area contributed by atoms with Crippen LogP contribution >= 0.6 is 0 Å². The van der Waals surface area contributed by atoms with E-state index in [1.807, 2.05) is 13.8 Å². The highest BCUT2D eigenvalue weighted by Gasteiger charge is 2.42. The van der Waals surface area contributed by atoms with Crippen LogP contribution in [0.4, 0.5) is 13.2 Å². The lowest BCUT2D eigenvalue weighted by Crippen LogP contribution is -2.53. The summed E-state index contributed by atoms with van der Waals surface area (Å²) in [5, 5.41) is 5.35. The van der Waals surface area contributed by atoms with Crippen LogP contribution in [0.25, 0.3) is 0 Å². The van der Waals surface area contributed by atoms with Crippen LogP contribution in [0.15, 0.2) is 0 Å². The van der Waals surface area contributed by atoms with E-state index in [9.17, 15) is 18.0 Å². The van der Waals surface area contributed by atoms with Crippen molar-refractivity contribution in [1.82, 2.24) is 10.6 Å². The minimum Gasteiger partial charge on any atom is -0.377 e. The number of carbonyl (C=O) groups is 1. The van der Waals surface area contributed by atoms with E-state index in [-0.39, 0.29) is 25.3 Å². The Morgan fingerprint density at radius 1 is 1.37 bits per heavy atom. The van der Waals surface area contributed by atoms with E-state index in [0.717, 1.165) is 0 Å². The van der Waals surface area contributed by atoms with Crippen molar-refractivity contribution in [3.05, 3.63) is 0 Å². The molecule has 0 bridgehead atoms. The predicted molar refractivity (Wildman–Crippen MR) is 64.7 cm³/mol. The Kier molecular flexibility index (Phi) is 5.20. The van der Waals surface area contributed by atoms with Crippen molar-refractivity contribution in [3.8, 4) is 0 Å². The van der Waals surface area contributed by atoms with Crippen molar-refractivity contribution < 1.29 is 22.7 Å². The third-order valence-corrected chi connectivity index (χ3v) is 3.43. The van der Waals surface area contributed by atoms with E-state index >= 15 is 0 Å². The largest absolute Gasteiger partial charge is 0.393 e. The summed E-state index contributed by atoms with van der Waals surface area (Å²) in [6.45, 7) is 3.76. The number of hydrogen-bond acceptors (Lipinski definition) is 3. The lowest BCUT2D eigenvalue weighted by Gasteiger charge is -2.31.